The van der Waals surface area contributed by atoms with Crippen molar-refractivity contribution in [1.29, 1.82) is 0 Å². The Labute approximate surface area is 128 Å². The summed E-state index contributed by atoms with van der Waals surface area (Å²) in [5.74, 6) is 0.731. The Morgan fingerprint density at radius 1 is 1.19 bits per heavy atom. The van der Waals surface area contributed by atoms with Crippen LogP contribution in [0.4, 0.5) is 17.2 Å². The van der Waals surface area contributed by atoms with E-state index in [4.69, 9.17) is 16.3 Å². The van der Waals surface area contributed by atoms with Gasteiger partial charge in [0.05, 0.1) is 13.2 Å². The molecule has 2 heterocycles. The van der Waals surface area contributed by atoms with E-state index in [-0.39, 0.29) is 5.28 Å². The normalized spacial score (nSPS) is 15.0. The highest BCUT2D eigenvalue weighted by molar-refractivity contribution is 6.28. The van der Waals surface area contributed by atoms with Crippen molar-refractivity contribution in [3.8, 4) is 0 Å². The molecule has 0 bridgehead atoms. The molecule has 0 amide bonds. The monoisotopic (exact) mass is 304 g/mol. The van der Waals surface area contributed by atoms with Gasteiger partial charge in [0.25, 0.3) is 0 Å². The summed E-state index contributed by atoms with van der Waals surface area (Å²) in [6.07, 6.45) is 1.71. The maximum absolute atomic E-state index is 5.83. The van der Waals surface area contributed by atoms with E-state index in [0.29, 0.717) is 0 Å². The van der Waals surface area contributed by atoms with E-state index in [1.54, 1.807) is 6.20 Å². The summed E-state index contributed by atoms with van der Waals surface area (Å²) < 4.78 is 5.37. The lowest BCUT2D eigenvalue weighted by molar-refractivity contribution is 0.122. The number of hydrogen-bond donors (Lipinski definition) is 1. The molecule has 0 spiro atoms. The standard InChI is InChI=1S/C15H17ClN4O/c1-11-10-17-15(16)19-14(11)18-12-2-4-13(5-3-12)20-6-8-21-9-7-20/h2-5,10H,6-9H2,1H3,(H,17,18,19). The van der Waals surface area contributed by atoms with Gasteiger partial charge in [-0.15, -0.1) is 0 Å². The molecule has 1 fully saturated rings. The third kappa shape index (κ3) is 3.43. The second-order valence-electron chi connectivity index (χ2n) is 4.94. The first-order valence-electron chi connectivity index (χ1n) is 6.91. The molecule has 0 unspecified atom stereocenters. The van der Waals surface area contributed by atoms with Crippen LogP contribution in [0, 0.1) is 6.92 Å². The lowest BCUT2D eigenvalue weighted by atomic mass is 10.2. The van der Waals surface area contributed by atoms with Gasteiger partial charge in [-0.25, -0.2) is 9.97 Å². The number of nitrogens with one attached hydrogen (secondary N) is 1. The summed E-state index contributed by atoms with van der Waals surface area (Å²) >= 11 is 5.83. The number of anilines is 3. The Hall–Kier alpha value is -1.85. The van der Waals surface area contributed by atoms with E-state index in [1.165, 1.54) is 5.69 Å². The quantitative estimate of drug-likeness (QED) is 0.883. The molecule has 3 rings (SSSR count). The van der Waals surface area contributed by atoms with Crippen LogP contribution in [0.5, 0.6) is 0 Å². The van der Waals surface area contributed by atoms with E-state index in [2.05, 4.69) is 32.3 Å². The first-order chi connectivity index (χ1) is 10.2. The van der Waals surface area contributed by atoms with Crippen LogP contribution in [-0.4, -0.2) is 36.3 Å². The van der Waals surface area contributed by atoms with Crippen molar-refractivity contribution in [2.75, 3.05) is 36.5 Å². The van der Waals surface area contributed by atoms with Gasteiger partial charge >= 0.3 is 0 Å². The van der Waals surface area contributed by atoms with E-state index in [9.17, 15) is 0 Å². The van der Waals surface area contributed by atoms with Gasteiger partial charge in [0, 0.05) is 36.2 Å². The molecular weight excluding hydrogens is 288 g/mol. The largest absolute Gasteiger partial charge is 0.378 e. The molecule has 2 aromatic rings. The average molecular weight is 305 g/mol. The van der Waals surface area contributed by atoms with Gasteiger partial charge in [-0.1, -0.05) is 0 Å². The van der Waals surface area contributed by atoms with Crippen molar-refractivity contribution in [3.63, 3.8) is 0 Å². The SMILES string of the molecule is Cc1cnc(Cl)nc1Nc1ccc(N2CCOCC2)cc1. The van der Waals surface area contributed by atoms with E-state index < -0.39 is 0 Å². The number of hydrogen-bond acceptors (Lipinski definition) is 5. The first-order valence-corrected chi connectivity index (χ1v) is 7.29. The Bertz CT molecular complexity index is 612. The van der Waals surface area contributed by atoms with E-state index in [0.717, 1.165) is 43.4 Å². The van der Waals surface area contributed by atoms with Crippen molar-refractivity contribution in [2.45, 2.75) is 6.92 Å². The zero-order valence-corrected chi connectivity index (χ0v) is 12.6. The number of nitrogens with zero attached hydrogens (tertiary/aromatic N) is 3. The number of halogens is 1. The predicted octanol–water partition coefficient (Wildman–Crippen LogP) is 3.02. The van der Waals surface area contributed by atoms with Crippen molar-refractivity contribution in [1.82, 2.24) is 9.97 Å². The second kappa shape index (κ2) is 6.28. The molecule has 1 N–H and O–H groups in total. The molecule has 6 heteroatoms. The van der Waals surface area contributed by atoms with Gasteiger partial charge in [-0.3, -0.25) is 0 Å². The lowest BCUT2D eigenvalue weighted by Crippen LogP contribution is -2.36. The molecule has 1 aliphatic rings. The predicted molar refractivity (Wildman–Crippen MR) is 84.5 cm³/mol. The summed E-state index contributed by atoms with van der Waals surface area (Å²) in [5, 5.41) is 3.51. The van der Waals surface area contributed by atoms with Gasteiger partial charge in [-0.2, -0.15) is 0 Å². The molecule has 0 saturated carbocycles. The maximum Gasteiger partial charge on any atom is 0.224 e. The fraction of sp³-hybridized carbons (Fsp3) is 0.333. The summed E-state index contributed by atoms with van der Waals surface area (Å²) in [5.41, 5.74) is 3.14. The van der Waals surface area contributed by atoms with Gasteiger partial charge < -0.3 is 15.0 Å². The Morgan fingerprint density at radius 2 is 1.90 bits per heavy atom. The van der Waals surface area contributed by atoms with Crippen LogP contribution in [0.1, 0.15) is 5.56 Å². The van der Waals surface area contributed by atoms with Crippen LogP contribution in [-0.2, 0) is 4.74 Å². The molecule has 1 aromatic carbocycles. The van der Waals surface area contributed by atoms with Crippen LogP contribution < -0.4 is 10.2 Å². The number of ether oxygens (including phenoxy) is 1. The molecule has 5 nitrogen and oxygen atoms in total. The molecule has 110 valence electrons. The molecule has 0 radical (unpaired) electrons. The van der Waals surface area contributed by atoms with Gasteiger partial charge in [0.2, 0.25) is 5.28 Å². The first kappa shape index (κ1) is 14.1. The second-order valence-corrected chi connectivity index (χ2v) is 5.28. The molecule has 1 aliphatic heterocycles. The van der Waals surface area contributed by atoms with Crippen molar-refractivity contribution in [2.24, 2.45) is 0 Å². The highest BCUT2D eigenvalue weighted by atomic mass is 35.5. The fourth-order valence-electron chi connectivity index (χ4n) is 2.26. The molecule has 0 aliphatic carbocycles. The number of rotatable bonds is 3. The Morgan fingerprint density at radius 3 is 2.62 bits per heavy atom. The third-order valence-corrected chi connectivity index (χ3v) is 3.63. The maximum atomic E-state index is 5.83. The average Bonchev–Trinajstić information content (AvgIpc) is 2.53. The van der Waals surface area contributed by atoms with E-state index >= 15 is 0 Å². The van der Waals surface area contributed by atoms with Crippen LogP contribution >= 0.6 is 11.6 Å². The Kier molecular flexibility index (Phi) is 4.22. The third-order valence-electron chi connectivity index (χ3n) is 3.45. The molecule has 1 aromatic heterocycles. The number of aryl methyl sites for hydroxylation is 1. The van der Waals surface area contributed by atoms with Crippen molar-refractivity contribution < 1.29 is 4.74 Å². The zero-order chi connectivity index (χ0) is 14.7. The summed E-state index contributed by atoms with van der Waals surface area (Å²) in [4.78, 5) is 10.5. The van der Waals surface area contributed by atoms with Gasteiger partial charge in [0.15, 0.2) is 0 Å². The summed E-state index contributed by atoms with van der Waals surface area (Å²) in [7, 11) is 0. The number of morpholine rings is 1. The van der Waals surface area contributed by atoms with Crippen molar-refractivity contribution >= 4 is 28.8 Å². The van der Waals surface area contributed by atoms with Gasteiger partial charge in [-0.05, 0) is 42.8 Å². The minimum absolute atomic E-state index is 0.244. The smallest absolute Gasteiger partial charge is 0.224 e. The molecule has 21 heavy (non-hydrogen) atoms. The zero-order valence-electron chi connectivity index (χ0n) is 11.8. The van der Waals surface area contributed by atoms with Crippen LogP contribution in [0.25, 0.3) is 0 Å². The van der Waals surface area contributed by atoms with Crippen molar-refractivity contribution in [3.05, 3.63) is 41.3 Å². The summed E-state index contributed by atoms with van der Waals surface area (Å²) in [6, 6.07) is 8.29. The molecule has 1 saturated heterocycles. The topological polar surface area (TPSA) is 50.3 Å². The number of benzene rings is 1. The minimum Gasteiger partial charge on any atom is -0.378 e. The highest BCUT2D eigenvalue weighted by Crippen LogP contribution is 2.23. The Balaban J connectivity index is 1.73. The molecular formula is C15H17ClN4O. The fourth-order valence-corrected chi connectivity index (χ4v) is 2.39. The van der Waals surface area contributed by atoms with Crippen LogP contribution in [0.15, 0.2) is 30.5 Å². The molecule has 0 atom stereocenters. The minimum atomic E-state index is 0.244. The van der Waals surface area contributed by atoms with Crippen LogP contribution in [0.2, 0.25) is 5.28 Å². The van der Waals surface area contributed by atoms with Crippen LogP contribution in [0.3, 0.4) is 0 Å². The lowest BCUT2D eigenvalue weighted by Gasteiger charge is -2.28. The number of aromatic nitrogens is 2. The summed E-state index contributed by atoms with van der Waals surface area (Å²) in [6.45, 7) is 5.40. The highest BCUT2D eigenvalue weighted by Gasteiger charge is 2.11. The van der Waals surface area contributed by atoms with Gasteiger partial charge in [0.1, 0.15) is 5.82 Å². The van der Waals surface area contributed by atoms with E-state index in [1.807, 2.05) is 19.1 Å².